The van der Waals surface area contributed by atoms with Gasteiger partial charge >= 0.3 is 0 Å². The second-order valence-corrected chi connectivity index (χ2v) is 5.03. The zero-order chi connectivity index (χ0) is 15.0. The van der Waals surface area contributed by atoms with Crippen LogP contribution in [0.3, 0.4) is 0 Å². The molecule has 1 rings (SSSR count). The number of carbonyl (C=O) groups excluding carboxylic acids is 1. The first kappa shape index (κ1) is 16.5. The van der Waals surface area contributed by atoms with Gasteiger partial charge in [0.1, 0.15) is 5.75 Å². The van der Waals surface area contributed by atoms with Crippen LogP contribution < -0.4 is 10.1 Å². The van der Waals surface area contributed by atoms with Gasteiger partial charge in [0.2, 0.25) is 5.91 Å². The summed E-state index contributed by atoms with van der Waals surface area (Å²) in [5.41, 5.74) is 1.18. The summed E-state index contributed by atoms with van der Waals surface area (Å²) in [7, 11) is 5.51. The standard InChI is InChI=1S/C16H26N2O2/c1-5-14(17-2)13-9-6-7-10-15(13)20-12-8-11-16(19)18(3)4/h6-7,9-10,14,17H,5,8,11-12H2,1-4H3. The Bertz CT molecular complexity index is 415. The third kappa shape index (κ3) is 4.85. The van der Waals surface area contributed by atoms with Gasteiger partial charge in [-0.3, -0.25) is 4.79 Å². The number of nitrogens with zero attached hydrogens (tertiary/aromatic N) is 1. The molecule has 1 unspecified atom stereocenters. The normalized spacial score (nSPS) is 12.0. The zero-order valence-corrected chi connectivity index (χ0v) is 13.0. The Morgan fingerprint density at radius 2 is 2.05 bits per heavy atom. The molecule has 1 N–H and O–H groups in total. The Kier molecular flexibility index (Phi) is 7.09. The third-order valence-electron chi connectivity index (χ3n) is 3.34. The topological polar surface area (TPSA) is 41.6 Å². The molecule has 0 heterocycles. The first-order valence-corrected chi connectivity index (χ1v) is 7.19. The van der Waals surface area contributed by atoms with Gasteiger partial charge in [0.25, 0.3) is 0 Å². The van der Waals surface area contributed by atoms with Gasteiger partial charge in [-0.25, -0.2) is 0 Å². The molecule has 0 aliphatic heterocycles. The van der Waals surface area contributed by atoms with E-state index in [1.807, 2.05) is 25.2 Å². The van der Waals surface area contributed by atoms with Crippen LogP contribution in [0.4, 0.5) is 0 Å². The molecule has 0 radical (unpaired) electrons. The maximum absolute atomic E-state index is 11.5. The van der Waals surface area contributed by atoms with Crippen molar-refractivity contribution in [3.05, 3.63) is 29.8 Å². The summed E-state index contributed by atoms with van der Waals surface area (Å²) in [6.07, 6.45) is 2.27. The average Bonchev–Trinajstić information content (AvgIpc) is 2.45. The minimum Gasteiger partial charge on any atom is -0.493 e. The number of para-hydroxylation sites is 1. The van der Waals surface area contributed by atoms with Crippen LogP contribution in [0.25, 0.3) is 0 Å². The maximum Gasteiger partial charge on any atom is 0.222 e. The largest absolute Gasteiger partial charge is 0.493 e. The first-order chi connectivity index (χ1) is 9.60. The molecule has 1 atom stereocenters. The molecule has 1 amide bonds. The molecule has 0 saturated heterocycles. The van der Waals surface area contributed by atoms with E-state index in [9.17, 15) is 4.79 Å². The maximum atomic E-state index is 11.5. The van der Waals surface area contributed by atoms with Crippen molar-refractivity contribution in [1.82, 2.24) is 10.2 Å². The van der Waals surface area contributed by atoms with Crippen molar-refractivity contribution in [3.8, 4) is 5.75 Å². The van der Waals surface area contributed by atoms with Crippen molar-refractivity contribution in [2.75, 3.05) is 27.7 Å². The van der Waals surface area contributed by atoms with E-state index >= 15 is 0 Å². The monoisotopic (exact) mass is 278 g/mol. The molecule has 112 valence electrons. The lowest BCUT2D eigenvalue weighted by Crippen LogP contribution is -2.22. The molecule has 0 aliphatic rings. The summed E-state index contributed by atoms with van der Waals surface area (Å²) in [5, 5.41) is 3.29. The van der Waals surface area contributed by atoms with Crippen LogP contribution in [0.5, 0.6) is 5.75 Å². The van der Waals surface area contributed by atoms with Crippen molar-refractivity contribution in [1.29, 1.82) is 0 Å². The van der Waals surface area contributed by atoms with Crippen molar-refractivity contribution in [2.45, 2.75) is 32.2 Å². The lowest BCUT2D eigenvalue weighted by molar-refractivity contribution is -0.128. The minimum absolute atomic E-state index is 0.142. The quantitative estimate of drug-likeness (QED) is 0.743. The molecule has 0 aromatic heterocycles. The van der Waals surface area contributed by atoms with Crippen molar-refractivity contribution in [2.24, 2.45) is 0 Å². The van der Waals surface area contributed by atoms with Crippen LogP contribution in [0, 0.1) is 0 Å². The fraction of sp³-hybridized carbons (Fsp3) is 0.562. The Balaban J connectivity index is 2.53. The lowest BCUT2D eigenvalue weighted by Gasteiger charge is -2.18. The number of hydrogen-bond donors (Lipinski definition) is 1. The Labute approximate surface area is 122 Å². The van der Waals surface area contributed by atoms with Gasteiger partial charge in [0.15, 0.2) is 0 Å². The van der Waals surface area contributed by atoms with E-state index in [4.69, 9.17) is 4.74 Å². The zero-order valence-electron chi connectivity index (χ0n) is 13.0. The summed E-state index contributed by atoms with van der Waals surface area (Å²) >= 11 is 0. The van der Waals surface area contributed by atoms with Gasteiger partial charge in [-0.15, -0.1) is 0 Å². The van der Waals surface area contributed by atoms with E-state index in [1.165, 1.54) is 5.56 Å². The Hall–Kier alpha value is -1.55. The van der Waals surface area contributed by atoms with Gasteiger partial charge in [-0.2, -0.15) is 0 Å². The number of hydrogen-bond acceptors (Lipinski definition) is 3. The van der Waals surface area contributed by atoms with E-state index < -0.39 is 0 Å². The van der Waals surface area contributed by atoms with E-state index in [-0.39, 0.29) is 5.91 Å². The van der Waals surface area contributed by atoms with Gasteiger partial charge in [-0.05, 0) is 26.0 Å². The van der Waals surface area contributed by atoms with Crippen LogP contribution >= 0.6 is 0 Å². The number of nitrogens with one attached hydrogen (secondary N) is 1. The smallest absolute Gasteiger partial charge is 0.222 e. The van der Waals surface area contributed by atoms with Crippen molar-refractivity contribution >= 4 is 5.91 Å². The molecule has 0 spiro atoms. The lowest BCUT2D eigenvalue weighted by atomic mass is 10.0. The minimum atomic E-state index is 0.142. The van der Waals surface area contributed by atoms with Crippen molar-refractivity contribution < 1.29 is 9.53 Å². The second-order valence-electron chi connectivity index (χ2n) is 5.03. The van der Waals surface area contributed by atoms with Crippen LogP contribution in [-0.4, -0.2) is 38.6 Å². The molecular formula is C16H26N2O2. The van der Waals surface area contributed by atoms with Crippen molar-refractivity contribution in [3.63, 3.8) is 0 Å². The van der Waals surface area contributed by atoms with Gasteiger partial charge in [0, 0.05) is 32.1 Å². The Morgan fingerprint density at radius 3 is 2.65 bits per heavy atom. The summed E-state index contributed by atoms with van der Waals surface area (Å²) < 4.78 is 5.84. The van der Waals surface area contributed by atoms with Gasteiger partial charge in [-0.1, -0.05) is 25.1 Å². The number of carbonyl (C=O) groups is 1. The number of amides is 1. The number of rotatable bonds is 8. The Morgan fingerprint density at radius 1 is 1.35 bits per heavy atom. The number of ether oxygens (including phenoxy) is 1. The summed E-state index contributed by atoms with van der Waals surface area (Å²) in [6, 6.07) is 8.38. The predicted molar refractivity (Wildman–Crippen MR) is 82.0 cm³/mol. The molecule has 4 nitrogen and oxygen atoms in total. The van der Waals surface area contributed by atoms with E-state index in [2.05, 4.69) is 18.3 Å². The highest BCUT2D eigenvalue weighted by Crippen LogP contribution is 2.26. The van der Waals surface area contributed by atoms with E-state index in [0.717, 1.165) is 18.6 Å². The molecule has 0 bridgehead atoms. The fourth-order valence-corrected chi connectivity index (χ4v) is 2.11. The molecule has 20 heavy (non-hydrogen) atoms. The molecule has 0 fully saturated rings. The number of benzene rings is 1. The predicted octanol–water partition coefficient (Wildman–Crippen LogP) is 2.60. The highest BCUT2D eigenvalue weighted by Gasteiger charge is 2.12. The molecule has 0 aliphatic carbocycles. The van der Waals surface area contributed by atoms with Crippen LogP contribution in [0.15, 0.2) is 24.3 Å². The van der Waals surface area contributed by atoms with Crippen LogP contribution in [-0.2, 0) is 4.79 Å². The van der Waals surface area contributed by atoms with Gasteiger partial charge < -0.3 is 15.0 Å². The highest BCUT2D eigenvalue weighted by atomic mass is 16.5. The molecular weight excluding hydrogens is 252 g/mol. The summed E-state index contributed by atoms with van der Waals surface area (Å²) in [5.74, 6) is 1.05. The van der Waals surface area contributed by atoms with E-state index in [0.29, 0.717) is 19.1 Å². The second kappa shape index (κ2) is 8.59. The molecule has 0 saturated carbocycles. The SMILES string of the molecule is CCC(NC)c1ccccc1OCCCC(=O)N(C)C. The van der Waals surface area contributed by atoms with Crippen LogP contribution in [0.1, 0.15) is 37.8 Å². The van der Waals surface area contributed by atoms with E-state index in [1.54, 1.807) is 19.0 Å². The molecule has 1 aromatic rings. The molecule has 1 aromatic carbocycles. The summed E-state index contributed by atoms with van der Waals surface area (Å²) in [6.45, 7) is 2.71. The third-order valence-corrected chi connectivity index (χ3v) is 3.34. The van der Waals surface area contributed by atoms with Gasteiger partial charge in [0.05, 0.1) is 6.61 Å². The highest BCUT2D eigenvalue weighted by molar-refractivity contribution is 5.75. The average molecular weight is 278 g/mol. The summed E-state index contributed by atoms with van der Waals surface area (Å²) in [4.78, 5) is 13.1. The fourth-order valence-electron chi connectivity index (χ4n) is 2.11. The first-order valence-electron chi connectivity index (χ1n) is 7.19. The molecule has 4 heteroatoms. The van der Waals surface area contributed by atoms with Crippen LogP contribution in [0.2, 0.25) is 0 Å².